The SMILES string of the molecule is Cc1ccc(Cl)c(NCC(O)CO)c1Cl. The molecule has 1 atom stereocenters. The molecule has 0 amide bonds. The first-order chi connectivity index (χ1) is 7.06. The average Bonchev–Trinajstić information content (AvgIpc) is 2.23. The molecule has 84 valence electrons. The maximum absolute atomic E-state index is 9.17. The first-order valence-electron chi connectivity index (χ1n) is 4.53. The number of anilines is 1. The number of hydrogen-bond donors (Lipinski definition) is 3. The van der Waals surface area contributed by atoms with Crippen molar-refractivity contribution in [1.29, 1.82) is 0 Å². The van der Waals surface area contributed by atoms with E-state index >= 15 is 0 Å². The molecule has 1 aromatic carbocycles. The van der Waals surface area contributed by atoms with Gasteiger partial charge in [0, 0.05) is 6.54 Å². The number of benzene rings is 1. The highest BCUT2D eigenvalue weighted by Gasteiger charge is 2.09. The molecule has 0 fully saturated rings. The van der Waals surface area contributed by atoms with Crippen LogP contribution in [-0.4, -0.2) is 29.5 Å². The highest BCUT2D eigenvalue weighted by Crippen LogP contribution is 2.32. The van der Waals surface area contributed by atoms with E-state index in [9.17, 15) is 5.11 Å². The number of aliphatic hydroxyl groups is 2. The Balaban J connectivity index is 2.80. The molecule has 0 aliphatic rings. The van der Waals surface area contributed by atoms with Gasteiger partial charge >= 0.3 is 0 Å². The molecule has 5 heteroatoms. The van der Waals surface area contributed by atoms with Crippen molar-refractivity contribution >= 4 is 28.9 Å². The van der Waals surface area contributed by atoms with Gasteiger partial charge in [-0.1, -0.05) is 29.3 Å². The summed E-state index contributed by atoms with van der Waals surface area (Å²) in [5, 5.41) is 21.8. The van der Waals surface area contributed by atoms with Gasteiger partial charge in [0.2, 0.25) is 0 Å². The monoisotopic (exact) mass is 249 g/mol. The van der Waals surface area contributed by atoms with Crippen LogP contribution in [0.4, 0.5) is 5.69 Å². The van der Waals surface area contributed by atoms with Crippen LogP contribution in [0.2, 0.25) is 10.0 Å². The number of nitrogens with one attached hydrogen (secondary N) is 1. The van der Waals surface area contributed by atoms with E-state index in [1.54, 1.807) is 6.07 Å². The quantitative estimate of drug-likeness (QED) is 0.766. The van der Waals surface area contributed by atoms with Crippen LogP contribution in [0, 0.1) is 6.92 Å². The van der Waals surface area contributed by atoms with E-state index in [-0.39, 0.29) is 13.2 Å². The van der Waals surface area contributed by atoms with Gasteiger partial charge in [-0.15, -0.1) is 0 Å². The predicted molar refractivity (Wildman–Crippen MR) is 62.8 cm³/mol. The summed E-state index contributed by atoms with van der Waals surface area (Å²) in [5.41, 5.74) is 1.49. The normalized spacial score (nSPS) is 12.6. The molecule has 1 rings (SSSR count). The lowest BCUT2D eigenvalue weighted by Crippen LogP contribution is -2.23. The van der Waals surface area contributed by atoms with Crippen LogP contribution in [0.1, 0.15) is 5.56 Å². The summed E-state index contributed by atoms with van der Waals surface area (Å²) in [4.78, 5) is 0. The van der Waals surface area contributed by atoms with Gasteiger partial charge in [-0.3, -0.25) is 0 Å². The van der Waals surface area contributed by atoms with Crippen LogP contribution in [-0.2, 0) is 0 Å². The molecule has 3 N–H and O–H groups in total. The fourth-order valence-electron chi connectivity index (χ4n) is 1.10. The molecule has 0 radical (unpaired) electrons. The van der Waals surface area contributed by atoms with Gasteiger partial charge in [0.1, 0.15) is 0 Å². The summed E-state index contributed by atoms with van der Waals surface area (Å²) in [6, 6.07) is 3.55. The molecular formula is C10H13Cl2NO2. The second kappa shape index (κ2) is 5.56. The topological polar surface area (TPSA) is 52.5 Å². The Morgan fingerprint density at radius 3 is 2.67 bits per heavy atom. The minimum Gasteiger partial charge on any atom is -0.394 e. The Hall–Kier alpha value is -0.480. The summed E-state index contributed by atoms with van der Waals surface area (Å²) in [7, 11) is 0. The summed E-state index contributed by atoms with van der Waals surface area (Å²) >= 11 is 12.0. The molecule has 0 heterocycles. The van der Waals surface area contributed by atoms with E-state index < -0.39 is 6.10 Å². The maximum atomic E-state index is 9.17. The van der Waals surface area contributed by atoms with Crippen molar-refractivity contribution in [2.24, 2.45) is 0 Å². The molecule has 1 unspecified atom stereocenters. The van der Waals surface area contributed by atoms with Crippen molar-refractivity contribution in [1.82, 2.24) is 0 Å². The number of rotatable bonds is 4. The Labute approximate surface area is 98.6 Å². The van der Waals surface area contributed by atoms with Gasteiger partial charge in [0.15, 0.2) is 0 Å². The summed E-state index contributed by atoms with van der Waals surface area (Å²) < 4.78 is 0. The van der Waals surface area contributed by atoms with E-state index in [0.717, 1.165) is 5.56 Å². The lowest BCUT2D eigenvalue weighted by Gasteiger charge is -2.14. The fourth-order valence-corrected chi connectivity index (χ4v) is 1.61. The molecule has 0 aliphatic heterocycles. The van der Waals surface area contributed by atoms with Gasteiger partial charge in [0.05, 0.1) is 28.4 Å². The molecule has 15 heavy (non-hydrogen) atoms. The van der Waals surface area contributed by atoms with Gasteiger partial charge in [-0.2, -0.15) is 0 Å². The summed E-state index contributed by atoms with van der Waals surface area (Å²) in [5.74, 6) is 0. The molecule has 0 saturated heterocycles. The zero-order chi connectivity index (χ0) is 11.4. The fraction of sp³-hybridized carbons (Fsp3) is 0.400. The Bertz CT molecular complexity index is 344. The van der Waals surface area contributed by atoms with Crippen molar-refractivity contribution in [3.05, 3.63) is 27.7 Å². The van der Waals surface area contributed by atoms with E-state index in [2.05, 4.69) is 5.32 Å². The zero-order valence-electron chi connectivity index (χ0n) is 8.30. The first kappa shape index (κ1) is 12.6. The van der Waals surface area contributed by atoms with Crippen molar-refractivity contribution < 1.29 is 10.2 Å². The number of halogens is 2. The zero-order valence-corrected chi connectivity index (χ0v) is 9.81. The Morgan fingerprint density at radius 1 is 1.40 bits per heavy atom. The molecule has 0 aliphatic carbocycles. The van der Waals surface area contributed by atoms with Crippen LogP contribution < -0.4 is 5.32 Å². The smallest absolute Gasteiger partial charge is 0.0942 e. The van der Waals surface area contributed by atoms with Crippen LogP contribution in [0.5, 0.6) is 0 Å². The molecule has 3 nitrogen and oxygen atoms in total. The maximum Gasteiger partial charge on any atom is 0.0942 e. The lowest BCUT2D eigenvalue weighted by molar-refractivity contribution is 0.105. The summed E-state index contributed by atoms with van der Waals surface area (Å²) in [6.07, 6.45) is -0.822. The van der Waals surface area contributed by atoms with E-state index in [4.69, 9.17) is 28.3 Å². The number of aliphatic hydroxyl groups excluding tert-OH is 2. The van der Waals surface area contributed by atoms with Gasteiger partial charge in [-0.05, 0) is 18.6 Å². The molecule has 0 spiro atoms. The molecule has 1 aromatic rings. The number of hydrogen-bond acceptors (Lipinski definition) is 3. The van der Waals surface area contributed by atoms with Crippen molar-refractivity contribution in [2.45, 2.75) is 13.0 Å². The minimum absolute atomic E-state index is 0.208. The molecule has 0 saturated carbocycles. The highest BCUT2D eigenvalue weighted by molar-refractivity contribution is 6.39. The molecule has 0 bridgehead atoms. The second-order valence-corrected chi connectivity index (χ2v) is 4.06. The van der Waals surface area contributed by atoms with Gasteiger partial charge < -0.3 is 15.5 Å². The van der Waals surface area contributed by atoms with E-state index in [1.165, 1.54) is 0 Å². The third-order valence-corrected chi connectivity index (χ3v) is 2.81. The number of aryl methyl sites for hydroxylation is 1. The largest absolute Gasteiger partial charge is 0.394 e. The Kier molecular flexibility index (Phi) is 4.67. The minimum atomic E-state index is -0.822. The van der Waals surface area contributed by atoms with E-state index in [0.29, 0.717) is 15.7 Å². The standard InChI is InChI=1S/C10H13Cl2NO2/c1-6-2-3-8(11)10(9(6)12)13-4-7(15)5-14/h2-3,7,13-15H,4-5H2,1H3. The van der Waals surface area contributed by atoms with Gasteiger partial charge in [0.25, 0.3) is 0 Å². The molecule has 0 aromatic heterocycles. The Morgan fingerprint density at radius 2 is 2.07 bits per heavy atom. The van der Waals surface area contributed by atoms with Crippen LogP contribution in [0.15, 0.2) is 12.1 Å². The van der Waals surface area contributed by atoms with Crippen LogP contribution in [0.3, 0.4) is 0 Å². The van der Waals surface area contributed by atoms with Crippen molar-refractivity contribution in [2.75, 3.05) is 18.5 Å². The summed E-state index contributed by atoms with van der Waals surface area (Å²) in [6.45, 7) is 1.78. The molecular weight excluding hydrogens is 237 g/mol. The van der Waals surface area contributed by atoms with Crippen LogP contribution in [0.25, 0.3) is 0 Å². The van der Waals surface area contributed by atoms with Gasteiger partial charge in [-0.25, -0.2) is 0 Å². The van der Waals surface area contributed by atoms with Crippen molar-refractivity contribution in [3.63, 3.8) is 0 Å². The highest BCUT2D eigenvalue weighted by atomic mass is 35.5. The van der Waals surface area contributed by atoms with Crippen molar-refractivity contribution in [3.8, 4) is 0 Å². The average molecular weight is 250 g/mol. The van der Waals surface area contributed by atoms with Crippen LogP contribution >= 0.6 is 23.2 Å². The third-order valence-electron chi connectivity index (χ3n) is 2.01. The lowest BCUT2D eigenvalue weighted by atomic mass is 10.2. The predicted octanol–water partition coefficient (Wildman–Crippen LogP) is 2.07. The first-order valence-corrected chi connectivity index (χ1v) is 5.29. The third kappa shape index (κ3) is 3.24. The van der Waals surface area contributed by atoms with E-state index in [1.807, 2.05) is 13.0 Å². The second-order valence-electron chi connectivity index (χ2n) is 3.27.